The molecule has 0 aromatic heterocycles. The average Bonchev–Trinajstić information content (AvgIpc) is 2.51. The zero-order chi connectivity index (χ0) is 16.9. The molecule has 0 saturated carbocycles. The Morgan fingerprint density at radius 3 is 2.48 bits per heavy atom. The zero-order valence-corrected chi connectivity index (χ0v) is 15.2. The Kier molecular flexibility index (Phi) is 6.01. The van der Waals surface area contributed by atoms with E-state index in [9.17, 15) is 9.90 Å². The minimum absolute atomic E-state index is 0.372. The summed E-state index contributed by atoms with van der Waals surface area (Å²) in [7, 11) is 0. The molecule has 0 radical (unpaired) electrons. The van der Waals surface area contributed by atoms with E-state index in [0.29, 0.717) is 23.5 Å². The van der Waals surface area contributed by atoms with Crippen molar-refractivity contribution in [2.75, 3.05) is 4.43 Å². The van der Waals surface area contributed by atoms with Crippen molar-refractivity contribution in [1.29, 1.82) is 0 Å². The van der Waals surface area contributed by atoms with Gasteiger partial charge in [0, 0.05) is 23.3 Å². The Hall–Kier alpha value is -1.60. The fourth-order valence-electron chi connectivity index (χ4n) is 2.23. The normalized spacial score (nSPS) is 13.2. The van der Waals surface area contributed by atoms with Gasteiger partial charge in [-0.15, -0.1) is 0 Å². The Labute approximate surface area is 149 Å². The third-order valence-corrected chi connectivity index (χ3v) is 3.88. The quantitative estimate of drug-likeness (QED) is 0.250. The van der Waals surface area contributed by atoms with E-state index in [4.69, 9.17) is 9.47 Å². The van der Waals surface area contributed by atoms with Gasteiger partial charge in [-0.25, -0.2) is 0 Å². The van der Waals surface area contributed by atoms with Gasteiger partial charge in [0.2, 0.25) is 5.79 Å². The second kappa shape index (κ2) is 7.79. The molecule has 1 atom stereocenters. The maximum atomic E-state index is 11.0. The molecule has 0 amide bonds. The molecule has 122 valence electrons. The molecule has 1 N–H and O–H groups in total. The predicted octanol–water partition coefficient (Wildman–Crippen LogP) is 3.97. The number of hydrogen-bond donors (Lipinski definition) is 1. The first-order valence-electron chi connectivity index (χ1n) is 7.26. The van der Waals surface area contributed by atoms with Crippen LogP contribution in [0.2, 0.25) is 0 Å². The Bertz CT molecular complexity index is 672. The van der Waals surface area contributed by atoms with Crippen molar-refractivity contribution < 1.29 is 19.4 Å². The molecule has 0 saturated heterocycles. The van der Waals surface area contributed by atoms with E-state index in [-0.39, 0.29) is 5.97 Å². The number of halogens is 1. The predicted molar refractivity (Wildman–Crippen MR) is 97.0 cm³/mol. The highest BCUT2D eigenvalue weighted by Crippen LogP contribution is 2.33. The van der Waals surface area contributed by atoms with Crippen molar-refractivity contribution in [2.24, 2.45) is 0 Å². The molecule has 0 fully saturated rings. The van der Waals surface area contributed by atoms with Crippen LogP contribution < -0.4 is 9.47 Å². The summed E-state index contributed by atoms with van der Waals surface area (Å²) in [5.41, 5.74) is 1.49. The smallest absolute Gasteiger partial charge is 0.308 e. The third kappa shape index (κ3) is 4.68. The molecule has 0 bridgehead atoms. The third-order valence-electron chi connectivity index (χ3n) is 3.34. The van der Waals surface area contributed by atoms with Gasteiger partial charge in [-0.1, -0.05) is 52.9 Å². The minimum atomic E-state index is -1.39. The molecule has 2 aromatic carbocycles. The fraction of sp³-hybridized carbons (Fsp3) is 0.278. The number of hydrogen-bond acceptors (Lipinski definition) is 4. The van der Waals surface area contributed by atoms with Gasteiger partial charge in [0.05, 0.1) is 0 Å². The Morgan fingerprint density at radius 2 is 1.91 bits per heavy atom. The van der Waals surface area contributed by atoms with Crippen LogP contribution in [0.15, 0.2) is 48.5 Å². The van der Waals surface area contributed by atoms with Gasteiger partial charge < -0.3 is 14.6 Å². The number of rotatable bonds is 6. The largest absolute Gasteiger partial charge is 0.458 e. The number of ether oxygens (including phenoxy) is 2. The summed E-state index contributed by atoms with van der Waals surface area (Å²) in [6.07, 6.45) is 0.461. The van der Waals surface area contributed by atoms with E-state index >= 15 is 0 Å². The number of carbonyl (C=O) groups is 1. The van der Waals surface area contributed by atoms with E-state index in [1.54, 1.807) is 18.2 Å². The average molecular weight is 426 g/mol. The molecule has 4 nitrogen and oxygen atoms in total. The number of aliphatic hydroxyl groups is 1. The first-order chi connectivity index (χ1) is 10.9. The van der Waals surface area contributed by atoms with Gasteiger partial charge in [-0.3, -0.25) is 4.79 Å². The lowest BCUT2D eigenvalue weighted by molar-refractivity contribution is -0.147. The van der Waals surface area contributed by atoms with Crippen molar-refractivity contribution in [2.45, 2.75) is 26.1 Å². The maximum Gasteiger partial charge on any atom is 0.308 e. The van der Waals surface area contributed by atoms with Crippen LogP contribution in [-0.2, 0) is 10.6 Å². The molecule has 0 aliphatic heterocycles. The van der Waals surface area contributed by atoms with Crippen LogP contribution in [0.25, 0.3) is 0 Å². The number of alkyl halides is 1. The van der Waals surface area contributed by atoms with Crippen LogP contribution in [-0.4, -0.2) is 15.5 Å². The highest BCUT2D eigenvalue weighted by molar-refractivity contribution is 14.1. The molecule has 0 aliphatic rings. The molecule has 5 heteroatoms. The van der Waals surface area contributed by atoms with E-state index < -0.39 is 5.79 Å². The number of aryl methyl sites for hydroxylation is 1. The van der Waals surface area contributed by atoms with E-state index in [1.807, 2.05) is 37.3 Å². The Balaban J connectivity index is 2.28. The second-order valence-corrected chi connectivity index (χ2v) is 6.29. The highest BCUT2D eigenvalue weighted by atomic mass is 127. The molecule has 2 rings (SSSR count). The van der Waals surface area contributed by atoms with Crippen LogP contribution in [0.5, 0.6) is 11.5 Å². The fourth-order valence-corrected chi connectivity index (χ4v) is 2.96. The SMILES string of the molecule is CC(=O)Oc1ccc(O[C@](O)(CCI)c2ccccc2)c(C)c1. The van der Waals surface area contributed by atoms with Gasteiger partial charge in [0.1, 0.15) is 11.5 Å². The highest BCUT2D eigenvalue weighted by Gasteiger charge is 2.31. The van der Waals surface area contributed by atoms with Crippen LogP contribution >= 0.6 is 22.6 Å². The molecular weight excluding hydrogens is 407 g/mol. The number of carbonyl (C=O) groups excluding carboxylic acids is 1. The first-order valence-corrected chi connectivity index (χ1v) is 8.79. The maximum absolute atomic E-state index is 11.0. The summed E-state index contributed by atoms with van der Waals surface area (Å²) in [6.45, 7) is 3.20. The summed E-state index contributed by atoms with van der Waals surface area (Å²) < 4.78 is 11.7. The van der Waals surface area contributed by atoms with Crippen LogP contribution in [0.3, 0.4) is 0 Å². The molecule has 0 unspecified atom stereocenters. The van der Waals surface area contributed by atoms with E-state index in [2.05, 4.69) is 22.6 Å². The van der Waals surface area contributed by atoms with Gasteiger partial charge in [0.15, 0.2) is 0 Å². The van der Waals surface area contributed by atoms with Gasteiger partial charge in [-0.05, 0) is 30.7 Å². The van der Waals surface area contributed by atoms with Crippen molar-refractivity contribution in [3.63, 3.8) is 0 Å². The lowest BCUT2D eigenvalue weighted by Crippen LogP contribution is -2.33. The van der Waals surface area contributed by atoms with Crippen LogP contribution in [0.4, 0.5) is 0 Å². The topological polar surface area (TPSA) is 55.8 Å². The molecule has 0 spiro atoms. The van der Waals surface area contributed by atoms with Crippen LogP contribution in [0.1, 0.15) is 24.5 Å². The first kappa shape index (κ1) is 17.7. The van der Waals surface area contributed by atoms with Gasteiger partial charge >= 0.3 is 5.97 Å². The minimum Gasteiger partial charge on any atom is -0.458 e. The van der Waals surface area contributed by atoms with E-state index in [0.717, 1.165) is 9.99 Å². The van der Waals surface area contributed by atoms with Crippen molar-refractivity contribution in [1.82, 2.24) is 0 Å². The summed E-state index contributed by atoms with van der Waals surface area (Å²) in [5.74, 6) is -0.753. The molecule has 2 aromatic rings. The zero-order valence-electron chi connectivity index (χ0n) is 13.1. The summed E-state index contributed by atoms with van der Waals surface area (Å²) >= 11 is 2.21. The van der Waals surface area contributed by atoms with Crippen molar-refractivity contribution in [3.8, 4) is 11.5 Å². The molecular formula is C18H19IO4. The number of benzene rings is 2. The number of esters is 1. The summed E-state index contributed by atoms with van der Waals surface area (Å²) in [5, 5.41) is 11.0. The summed E-state index contributed by atoms with van der Waals surface area (Å²) in [4.78, 5) is 11.0. The van der Waals surface area contributed by atoms with Gasteiger partial charge in [-0.2, -0.15) is 0 Å². The molecule has 0 aliphatic carbocycles. The molecule has 0 heterocycles. The van der Waals surface area contributed by atoms with Gasteiger partial charge in [0.25, 0.3) is 0 Å². The monoisotopic (exact) mass is 426 g/mol. The van der Waals surface area contributed by atoms with Crippen molar-refractivity contribution in [3.05, 3.63) is 59.7 Å². The lowest BCUT2D eigenvalue weighted by atomic mass is 10.0. The second-order valence-electron chi connectivity index (χ2n) is 5.21. The lowest BCUT2D eigenvalue weighted by Gasteiger charge is -2.29. The van der Waals surface area contributed by atoms with Crippen molar-refractivity contribution >= 4 is 28.6 Å². The van der Waals surface area contributed by atoms with Crippen LogP contribution in [0, 0.1) is 6.92 Å². The standard InChI is InChI=1S/C18H19IO4/c1-13-12-16(22-14(2)20)8-9-17(13)23-18(21,10-11-19)15-6-4-3-5-7-15/h3-9,12,21H,10-11H2,1-2H3/t18-/m1/s1. The Morgan fingerprint density at radius 1 is 1.22 bits per heavy atom. The molecule has 23 heavy (non-hydrogen) atoms. The van der Waals surface area contributed by atoms with E-state index in [1.165, 1.54) is 6.92 Å². The summed E-state index contributed by atoms with van der Waals surface area (Å²) in [6, 6.07) is 14.4.